The third-order valence-corrected chi connectivity index (χ3v) is 12.0. The fraction of sp³-hybridized carbons (Fsp3) is 0.171. The number of rotatable bonds is 12. The van der Waals surface area contributed by atoms with Crippen LogP contribution in [0.4, 0.5) is 0 Å². The molecule has 0 unspecified atom stereocenters. The summed E-state index contributed by atoms with van der Waals surface area (Å²) < 4.78 is 11.5. The molecule has 3 nitrogen and oxygen atoms in total. The highest BCUT2D eigenvalue weighted by Crippen LogP contribution is 2.39. The van der Waals surface area contributed by atoms with Crippen molar-refractivity contribution in [1.29, 1.82) is 0 Å². The van der Waals surface area contributed by atoms with Crippen molar-refractivity contribution in [2.24, 2.45) is 0 Å². The number of nitrogens with zero attached hydrogens (tertiary/aromatic N) is 1. The SMILES string of the molecule is COc1ccccc1[P@](CCc1cccc(CC[P@](c2ccccc2)c2ccccc2OC)n1)c1ccccc1. The van der Waals surface area contributed by atoms with Gasteiger partial charge in [-0.15, -0.1) is 0 Å². The molecule has 1 heterocycles. The van der Waals surface area contributed by atoms with Gasteiger partial charge in [-0.3, -0.25) is 4.98 Å². The number of hydrogen-bond donors (Lipinski definition) is 0. The van der Waals surface area contributed by atoms with Gasteiger partial charge in [0, 0.05) is 22.0 Å². The van der Waals surface area contributed by atoms with E-state index in [1.165, 1.54) is 21.2 Å². The van der Waals surface area contributed by atoms with Crippen LogP contribution in [0.2, 0.25) is 0 Å². The second-order valence-corrected chi connectivity index (χ2v) is 14.0. The Labute approximate surface area is 240 Å². The summed E-state index contributed by atoms with van der Waals surface area (Å²) in [6, 6.07) is 45.0. The number of para-hydroxylation sites is 2. The highest BCUT2D eigenvalue weighted by atomic mass is 31.1. The van der Waals surface area contributed by atoms with Crippen LogP contribution in [0.1, 0.15) is 11.4 Å². The molecule has 202 valence electrons. The fourth-order valence-corrected chi connectivity index (χ4v) is 9.88. The quantitative estimate of drug-likeness (QED) is 0.164. The number of methoxy groups -OCH3 is 2. The average molecular weight is 564 g/mol. The van der Waals surface area contributed by atoms with E-state index in [9.17, 15) is 0 Å². The molecule has 5 aromatic rings. The summed E-state index contributed by atoms with van der Waals surface area (Å²) in [4.78, 5) is 5.13. The molecule has 0 saturated carbocycles. The number of ether oxygens (including phenoxy) is 2. The molecule has 2 atom stereocenters. The number of pyridine rings is 1. The predicted octanol–water partition coefficient (Wildman–Crippen LogP) is 6.45. The number of hydrogen-bond acceptors (Lipinski definition) is 3. The van der Waals surface area contributed by atoms with Gasteiger partial charge in [0.05, 0.1) is 14.2 Å². The Bertz CT molecular complexity index is 1380. The molecule has 0 aliphatic carbocycles. The van der Waals surface area contributed by atoms with Crippen LogP contribution in [0.15, 0.2) is 127 Å². The lowest BCUT2D eigenvalue weighted by atomic mass is 10.2. The minimum absolute atomic E-state index is 0.571. The maximum absolute atomic E-state index is 5.76. The van der Waals surface area contributed by atoms with Crippen molar-refractivity contribution in [3.8, 4) is 11.5 Å². The molecule has 1 aromatic heterocycles. The average Bonchev–Trinajstić information content (AvgIpc) is 3.03. The first kappa shape index (κ1) is 28.0. The summed E-state index contributed by atoms with van der Waals surface area (Å²) in [6.45, 7) is 0. The normalized spacial score (nSPS) is 12.4. The van der Waals surface area contributed by atoms with E-state index in [0.717, 1.165) is 48.1 Å². The van der Waals surface area contributed by atoms with E-state index in [1.807, 2.05) is 12.1 Å². The summed E-state index contributed by atoms with van der Waals surface area (Å²) >= 11 is 0. The minimum Gasteiger partial charge on any atom is -0.496 e. The summed E-state index contributed by atoms with van der Waals surface area (Å²) in [5.41, 5.74) is 2.30. The van der Waals surface area contributed by atoms with Crippen LogP contribution in [0.25, 0.3) is 0 Å². The smallest absolute Gasteiger partial charge is 0.126 e. The van der Waals surface area contributed by atoms with Crippen molar-refractivity contribution < 1.29 is 9.47 Å². The molecule has 0 fully saturated rings. The summed E-state index contributed by atoms with van der Waals surface area (Å²) in [7, 11) is 2.38. The Balaban J connectivity index is 1.34. The third-order valence-electron chi connectivity index (χ3n) is 6.94. The first-order chi connectivity index (χ1) is 19.8. The van der Waals surface area contributed by atoms with Gasteiger partial charge in [0.2, 0.25) is 0 Å². The first-order valence-corrected chi connectivity index (χ1v) is 16.7. The molecule has 0 spiro atoms. The summed E-state index contributed by atoms with van der Waals surface area (Å²) in [5, 5.41) is 5.30. The van der Waals surface area contributed by atoms with Crippen LogP contribution < -0.4 is 30.7 Å². The lowest BCUT2D eigenvalue weighted by Crippen LogP contribution is -2.18. The van der Waals surface area contributed by atoms with Gasteiger partial charge in [0.25, 0.3) is 0 Å². The highest BCUT2D eigenvalue weighted by molar-refractivity contribution is 7.73. The van der Waals surface area contributed by atoms with Crippen LogP contribution in [0.5, 0.6) is 11.5 Å². The van der Waals surface area contributed by atoms with E-state index in [2.05, 4.69) is 115 Å². The van der Waals surface area contributed by atoms with E-state index in [0.29, 0.717) is 0 Å². The first-order valence-electron chi connectivity index (χ1n) is 13.6. The van der Waals surface area contributed by atoms with E-state index in [-0.39, 0.29) is 0 Å². The molecule has 0 N–H and O–H groups in total. The summed E-state index contributed by atoms with van der Waals surface area (Å²) in [6.07, 6.45) is 3.89. The van der Waals surface area contributed by atoms with Crippen molar-refractivity contribution in [1.82, 2.24) is 4.98 Å². The number of aryl methyl sites for hydroxylation is 2. The molecule has 0 amide bonds. The van der Waals surface area contributed by atoms with E-state index >= 15 is 0 Å². The second kappa shape index (κ2) is 14.2. The maximum atomic E-state index is 5.76. The number of aromatic nitrogens is 1. The van der Waals surface area contributed by atoms with Crippen molar-refractivity contribution in [2.45, 2.75) is 12.8 Å². The van der Waals surface area contributed by atoms with Gasteiger partial charge < -0.3 is 9.47 Å². The standard InChI is InChI=1S/C35H35NO2P2/c1-37-32-20-9-11-22-34(32)39(30-16-5-3-6-17-30)26-24-28-14-13-15-29(36-28)25-27-40(31-18-7-4-8-19-31)35-23-12-10-21-33(35)38-2/h3-23H,24-27H2,1-2H3/t39-,40-/m1/s1. The Hall–Kier alpha value is -3.51. The Morgan fingerprint density at radius 1 is 0.475 bits per heavy atom. The minimum atomic E-state index is -0.571. The van der Waals surface area contributed by atoms with E-state index in [1.54, 1.807) is 14.2 Å². The van der Waals surface area contributed by atoms with Gasteiger partial charge >= 0.3 is 0 Å². The molecule has 0 aliphatic rings. The van der Waals surface area contributed by atoms with Crippen LogP contribution in [-0.4, -0.2) is 31.5 Å². The largest absolute Gasteiger partial charge is 0.496 e. The number of benzene rings is 4. The molecule has 0 aliphatic heterocycles. The van der Waals surface area contributed by atoms with E-state index in [4.69, 9.17) is 14.5 Å². The van der Waals surface area contributed by atoms with Crippen LogP contribution >= 0.6 is 15.8 Å². The van der Waals surface area contributed by atoms with Crippen molar-refractivity contribution >= 4 is 37.1 Å². The predicted molar refractivity (Wildman–Crippen MR) is 173 cm³/mol. The maximum Gasteiger partial charge on any atom is 0.126 e. The van der Waals surface area contributed by atoms with Gasteiger partial charge in [0.1, 0.15) is 11.5 Å². The zero-order valence-corrected chi connectivity index (χ0v) is 24.9. The Morgan fingerprint density at radius 3 is 1.30 bits per heavy atom. The Kier molecular flexibility index (Phi) is 9.97. The van der Waals surface area contributed by atoms with Crippen molar-refractivity contribution in [3.63, 3.8) is 0 Å². The monoisotopic (exact) mass is 563 g/mol. The topological polar surface area (TPSA) is 31.4 Å². The molecular weight excluding hydrogens is 528 g/mol. The van der Waals surface area contributed by atoms with E-state index < -0.39 is 15.8 Å². The zero-order chi connectivity index (χ0) is 27.6. The molecule has 5 heteroatoms. The molecular formula is C35H35NO2P2. The molecule has 40 heavy (non-hydrogen) atoms. The summed E-state index contributed by atoms with van der Waals surface area (Å²) in [5.74, 6) is 1.93. The highest BCUT2D eigenvalue weighted by Gasteiger charge is 2.20. The molecule has 5 rings (SSSR count). The molecule has 0 bridgehead atoms. The second-order valence-electron chi connectivity index (χ2n) is 9.44. The van der Waals surface area contributed by atoms with Crippen LogP contribution in [-0.2, 0) is 12.8 Å². The van der Waals surface area contributed by atoms with Crippen molar-refractivity contribution in [2.75, 3.05) is 26.5 Å². The lowest BCUT2D eigenvalue weighted by Gasteiger charge is -2.21. The van der Waals surface area contributed by atoms with Crippen LogP contribution in [0.3, 0.4) is 0 Å². The van der Waals surface area contributed by atoms with Gasteiger partial charge in [-0.2, -0.15) is 0 Å². The lowest BCUT2D eigenvalue weighted by molar-refractivity contribution is 0.418. The van der Waals surface area contributed by atoms with Crippen molar-refractivity contribution in [3.05, 3.63) is 139 Å². The Morgan fingerprint density at radius 2 is 0.875 bits per heavy atom. The third kappa shape index (κ3) is 6.97. The van der Waals surface area contributed by atoms with Gasteiger partial charge in [-0.05, 0) is 75.9 Å². The van der Waals surface area contributed by atoms with Gasteiger partial charge in [0.15, 0.2) is 0 Å². The van der Waals surface area contributed by atoms with Gasteiger partial charge in [-0.25, -0.2) is 0 Å². The zero-order valence-electron chi connectivity index (χ0n) is 23.1. The van der Waals surface area contributed by atoms with Gasteiger partial charge in [-0.1, -0.05) is 103 Å². The fourth-order valence-electron chi connectivity index (χ4n) is 4.96. The molecule has 4 aromatic carbocycles. The molecule has 0 saturated heterocycles. The molecule has 0 radical (unpaired) electrons. The van der Waals surface area contributed by atoms with Crippen LogP contribution in [0, 0.1) is 0 Å².